The van der Waals surface area contributed by atoms with Crippen LogP contribution >= 0.6 is 23.2 Å². The Morgan fingerprint density at radius 3 is 2.72 bits per heavy atom. The van der Waals surface area contributed by atoms with Gasteiger partial charge in [-0.2, -0.15) is 0 Å². The van der Waals surface area contributed by atoms with Gasteiger partial charge in [-0.25, -0.2) is 0 Å². The highest BCUT2D eigenvalue weighted by atomic mass is 35.5. The molecule has 0 atom stereocenters. The largest absolute Gasteiger partial charge is 0.317 e. The van der Waals surface area contributed by atoms with Crippen LogP contribution in [0.3, 0.4) is 0 Å². The third-order valence-electron chi connectivity index (χ3n) is 3.16. The molecular weight excluding hydrogens is 267 g/mol. The third-order valence-corrected chi connectivity index (χ3v) is 4.00. The first-order chi connectivity index (χ1) is 8.70. The van der Waals surface area contributed by atoms with Crippen molar-refractivity contribution >= 4 is 23.2 Å². The zero-order valence-corrected chi connectivity index (χ0v) is 12.2. The predicted molar refractivity (Wildman–Crippen MR) is 78.6 cm³/mol. The molecule has 0 amide bonds. The monoisotopic (exact) mass is 286 g/mol. The summed E-state index contributed by atoms with van der Waals surface area (Å²) in [5.74, 6) is 0. The van der Waals surface area contributed by atoms with Crippen molar-refractivity contribution in [3.63, 3.8) is 0 Å². The summed E-state index contributed by atoms with van der Waals surface area (Å²) in [6.45, 7) is 4.90. The van der Waals surface area contributed by atoms with E-state index in [2.05, 4.69) is 23.6 Å². The Hall–Kier alpha value is -0.280. The Morgan fingerprint density at radius 2 is 2.06 bits per heavy atom. The topological polar surface area (TPSA) is 24.1 Å². The molecule has 0 radical (unpaired) electrons. The van der Waals surface area contributed by atoms with E-state index < -0.39 is 0 Å². The van der Waals surface area contributed by atoms with Crippen LogP contribution in [0.25, 0.3) is 0 Å². The SMILES string of the molecule is CCNCCc1cc(Cl)c(Cl)c(CNC2CC2)c1. The molecule has 1 fully saturated rings. The first-order valence-corrected chi connectivity index (χ1v) is 7.37. The summed E-state index contributed by atoms with van der Waals surface area (Å²) in [7, 11) is 0. The average Bonchev–Trinajstić information content (AvgIpc) is 3.16. The van der Waals surface area contributed by atoms with Crippen molar-refractivity contribution in [3.8, 4) is 0 Å². The lowest BCUT2D eigenvalue weighted by Crippen LogP contribution is -2.17. The van der Waals surface area contributed by atoms with Crippen LogP contribution in [0, 0.1) is 0 Å². The maximum absolute atomic E-state index is 6.24. The van der Waals surface area contributed by atoms with E-state index in [1.54, 1.807) is 0 Å². The van der Waals surface area contributed by atoms with Gasteiger partial charge in [-0.15, -0.1) is 0 Å². The lowest BCUT2D eigenvalue weighted by Gasteiger charge is -2.11. The number of rotatable bonds is 7. The zero-order valence-electron chi connectivity index (χ0n) is 10.7. The van der Waals surface area contributed by atoms with Crippen LogP contribution in [-0.4, -0.2) is 19.1 Å². The Bertz CT molecular complexity index is 403. The number of hydrogen-bond acceptors (Lipinski definition) is 2. The summed E-state index contributed by atoms with van der Waals surface area (Å²) < 4.78 is 0. The molecule has 4 heteroatoms. The highest BCUT2D eigenvalue weighted by Gasteiger charge is 2.20. The van der Waals surface area contributed by atoms with Crippen LogP contribution in [0.4, 0.5) is 0 Å². The van der Waals surface area contributed by atoms with Crippen molar-refractivity contribution in [3.05, 3.63) is 33.3 Å². The molecule has 18 heavy (non-hydrogen) atoms. The quantitative estimate of drug-likeness (QED) is 0.751. The summed E-state index contributed by atoms with van der Waals surface area (Å²) in [5.41, 5.74) is 2.36. The van der Waals surface area contributed by atoms with Gasteiger partial charge in [-0.3, -0.25) is 0 Å². The molecule has 2 rings (SSSR count). The molecule has 0 saturated heterocycles. The molecule has 1 saturated carbocycles. The molecule has 2 nitrogen and oxygen atoms in total. The lowest BCUT2D eigenvalue weighted by atomic mass is 10.1. The second kappa shape index (κ2) is 6.76. The van der Waals surface area contributed by atoms with E-state index in [9.17, 15) is 0 Å². The van der Waals surface area contributed by atoms with Crippen molar-refractivity contribution < 1.29 is 0 Å². The van der Waals surface area contributed by atoms with E-state index in [0.717, 1.165) is 31.6 Å². The van der Waals surface area contributed by atoms with Crippen LogP contribution in [0.2, 0.25) is 10.0 Å². The number of likely N-dealkylation sites (N-methyl/N-ethyl adjacent to an activating group) is 1. The zero-order chi connectivity index (χ0) is 13.0. The molecule has 0 aliphatic heterocycles. The summed E-state index contributed by atoms with van der Waals surface area (Å²) in [6, 6.07) is 4.83. The second-order valence-corrected chi connectivity index (χ2v) is 5.59. The molecule has 0 aromatic heterocycles. The van der Waals surface area contributed by atoms with Crippen molar-refractivity contribution in [2.45, 2.75) is 38.8 Å². The number of hydrogen-bond donors (Lipinski definition) is 2. The van der Waals surface area contributed by atoms with Gasteiger partial charge >= 0.3 is 0 Å². The van der Waals surface area contributed by atoms with Crippen LogP contribution in [0.5, 0.6) is 0 Å². The molecule has 100 valence electrons. The summed E-state index contributed by atoms with van der Waals surface area (Å²) in [4.78, 5) is 0. The number of halogens is 2. The first kappa shape index (κ1) is 14.1. The molecule has 1 aromatic rings. The fourth-order valence-electron chi connectivity index (χ4n) is 1.93. The first-order valence-electron chi connectivity index (χ1n) is 6.61. The molecule has 1 aliphatic rings. The molecule has 0 bridgehead atoms. The Labute approximate surface area is 119 Å². The summed E-state index contributed by atoms with van der Waals surface area (Å²) >= 11 is 12.4. The van der Waals surface area contributed by atoms with E-state index in [0.29, 0.717) is 16.1 Å². The van der Waals surface area contributed by atoms with Gasteiger partial charge in [0.1, 0.15) is 0 Å². The Balaban J connectivity index is 2.00. The van der Waals surface area contributed by atoms with Crippen LogP contribution in [0.1, 0.15) is 30.9 Å². The van der Waals surface area contributed by atoms with Gasteiger partial charge in [0.2, 0.25) is 0 Å². The van der Waals surface area contributed by atoms with Gasteiger partial charge < -0.3 is 10.6 Å². The molecular formula is C14H20Cl2N2. The van der Waals surface area contributed by atoms with Gasteiger partial charge in [0, 0.05) is 12.6 Å². The predicted octanol–water partition coefficient (Wildman–Crippen LogP) is 3.40. The van der Waals surface area contributed by atoms with Crippen LogP contribution < -0.4 is 10.6 Å². The molecule has 0 heterocycles. The van der Waals surface area contributed by atoms with E-state index in [1.165, 1.54) is 18.4 Å². The molecule has 2 N–H and O–H groups in total. The van der Waals surface area contributed by atoms with Gasteiger partial charge in [-0.05, 0) is 49.5 Å². The smallest absolute Gasteiger partial charge is 0.0637 e. The summed E-state index contributed by atoms with van der Waals surface area (Å²) in [6.07, 6.45) is 3.55. The minimum absolute atomic E-state index is 0.665. The lowest BCUT2D eigenvalue weighted by molar-refractivity contribution is 0.685. The normalized spacial score (nSPS) is 15.1. The van der Waals surface area contributed by atoms with Crippen molar-refractivity contribution in [2.75, 3.05) is 13.1 Å². The Kier molecular flexibility index (Phi) is 5.31. The minimum Gasteiger partial charge on any atom is -0.317 e. The van der Waals surface area contributed by atoms with Gasteiger partial charge in [0.25, 0.3) is 0 Å². The maximum atomic E-state index is 6.24. The van der Waals surface area contributed by atoms with E-state index in [-0.39, 0.29) is 0 Å². The highest BCUT2D eigenvalue weighted by Crippen LogP contribution is 2.29. The standard InChI is InChI=1S/C14H20Cl2N2/c1-2-17-6-5-10-7-11(9-18-12-3-4-12)14(16)13(15)8-10/h7-8,12,17-18H,2-6,9H2,1H3. The van der Waals surface area contributed by atoms with Gasteiger partial charge in [0.05, 0.1) is 10.0 Å². The van der Waals surface area contributed by atoms with E-state index in [1.807, 2.05) is 6.07 Å². The maximum Gasteiger partial charge on any atom is 0.0637 e. The fraction of sp³-hybridized carbons (Fsp3) is 0.571. The molecule has 0 spiro atoms. The molecule has 0 unspecified atom stereocenters. The van der Waals surface area contributed by atoms with E-state index >= 15 is 0 Å². The van der Waals surface area contributed by atoms with Crippen molar-refractivity contribution in [2.24, 2.45) is 0 Å². The van der Waals surface area contributed by atoms with Crippen LogP contribution in [0.15, 0.2) is 12.1 Å². The Morgan fingerprint density at radius 1 is 1.28 bits per heavy atom. The fourth-order valence-corrected chi connectivity index (χ4v) is 2.37. The highest BCUT2D eigenvalue weighted by molar-refractivity contribution is 6.42. The van der Waals surface area contributed by atoms with Crippen LogP contribution in [-0.2, 0) is 13.0 Å². The average molecular weight is 287 g/mol. The van der Waals surface area contributed by atoms with Crippen molar-refractivity contribution in [1.82, 2.24) is 10.6 Å². The minimum atomic E-state index is 0.665. The second-order valence-electron chi connectivity index (χ2n) is 4.81. The summed E-state index contributed by atoms with van der Waals surface area (Å²) in [5, 5.41) is 8.15. The number of nitrogens with one attached hydrogen (secondary N) is 2. The van der Waals surface area contributed by atoms with Gasteiger partial charge in [-0.1, -0.05) is 36.2 Å². The third kappa shape index (κ3) is 4.13. The van der Waals surface area contributed by atoms with E-state index in [4.69, 9.17) is 23.2 Å². The number of benzene rings is 1. The molecule has 1 aromatic carbocycles. The molecule has 1 aliphatic carbocycles. The van der Waals surface area contributed by atoms with Crippen molar-refractivity contribution in [1.29, 1.82) is 0 Å². The van der Waals surface area contributed by atoms with Gasteiger partial charge in [0.15, 0.2) is 0 Å².